The summed E-state index contributed by atoms with van der Waals surface area (Å²) in [5, 5.41) is 3.57. The van der Waals surface area contributed by atoms with Gasteiger partial charge in [-0.15, -0.1) is 0 Å². The first-order valence-corrected chi connectivity index (χ1v) is 8.00. The third kappa shape index (κ3) is 7.02. The number of rotatable bonds is 10. The third-order valence-electron chi connectivity index (χ3n) is 4.00. The molecule has 0 aromatic heterocycles. The van der Waals surface area contributed by atoms with Crippen LogP contribution in [-0.2, 0) is 14.2 Å². The Kier molecular flexibility index (Phi) is 8.69. The van der Waals surface area contributed by atoms with Gasteiger partial charge in [-0.2, -0.15) is 0 Å². The topological polar surface area (TPSA) is 39.7 Å². The van der Waals surface area contributed by atoms with Gasteiger partial charge in [-0.25, -0.2) is 0 Å². The highest BCUT2D eigenvalue weighted by atomic mass is 16.5. The zero-order chi connectivity index (χ0) is 14.8. The van der Waals surface area contributed by atoms with Gasteiger partial charge in [0.25, 0.3) is 0 Å². The molecule has 0 saturated heterocycles. The number of ether oxygens (including phenoxy) is 3. The molecule has 2 atom stereocenters. The quantitative estimate of drug-likeness (QED) is 0.627. The molecule has 0 aromatic carbocycles. The van der Waals surface area contributed by atoms with E-state index in [9.17, 15) is 0 Å². The largest absolute Gasteiger partial charge is 0.382 e. The third-order valence-corrected chi connectivity index (χ3v) is 4.00. The smallest absolute Gasteiger partial charge is 0.0733 e. The predicted molar refractivity (Wildman–Crippen MR) is 82.1 cm³/mol. The summed E-state index contributed by atoms with van der Waals surface area (Å²) in [5.41, 5.74) is 0.408. The molecule has 0 spiro atoms. The molecule has 0 heterocycles. The van der Waals surface area contributed by atoms with Crippen LogP contribution in [0.25, 0.3) is 0 Å². The number of hydrogen-bond acceptors (Lipinski definition) is 4. The summed E-state index contributed by atoms with van der Waals surface area (Å²) >= 11 is 0. The Morgan fingerprint density at radius 3 is 2.65 bits per heavy atom. The fraction of sp³-hybridized carbons (Fsp3) is 1.00. The van der Waals surface area contributed by atoms with Gasteiger partial charge < -0.3 is 19.5 Å². The van der Waals surface area contributed by atoms with E-state index in [-0.39, 0.29) is 0 Å². The lowest BCUT2D eigenvalue weighted by molar-refractivity contribution is -0.0358. The number of likely N-dealkylation sites (N-methyl/N-ethyl adjacent to an activating group) is 1. The van der Waals surface area contributed by atoms with Crippen molar-refractivity contribution >= 4 is 0 Å². The van der Waals surface area contributed by atoms with Crippen molar-refractivity contribution in [3.8, 4) is 0 Å². The van der Waals surface area contributed by atoms with Crippen LogP contribution >= 0.6 is 0 Å². The second kappa shape index (κ2) is 9.72. The SMILES string of the molecule is CCNC1CCC(C)(C)CC1OCCCOCCOC. The number of methoxy groups -OCH3 is 1. The molecule has 2 unspecified atom stereocenters. The van der Waals surface area contributed by atoms with Crippen molar-refractivity contribution in [2.75, 3.05) is 40.1 Å². The lowest BCUT2D eigenvalue weighted by Crippen LogP contribution is -2.47. The van der Waals surface area contributed by atoms with E-state index in [1.165, 1.54) is 12.8 Å². The van der Waals surface area contributed by atoms with Crippen LogP contribution in [0.1, 0.15) is 46.5 Å². The lowest BCUT2D eigenvalue weighted by Gasteiger charge is -2.41. The summed E-state index contributed by atoms with van der Waals surface area (Å²) < 4.78 is 16.5. The highest BCUT2D eigenvalue weighted by Gasteiger charge is 2.34. The molecular formula is C16H33NO3. The van der Waals surface area contributed by atoms with E-state index in [1.54, 1.807) is 7.11 Å². The van der Waals surface area contributed by atoms with E-state index in [2.05, 4.69) is 26.1 Å². The highest BCUT2D eigenvalue weighted by Crippen LogP contribution is 2.36. The van der Waals surface area contributed by atoms with Gasteiger partial charge in [0.1, 0.15) is 0 Å². The van der Waals surface area contributed by atoms with Gasteiger partial charge in [-0.3, -0.25) is 0 Å². The van der Waals surface area contributed by atoms with Crippen molar-refractivity contribution in [2.45, 2.75) is 58.6 Å². The summed E-state index contributed by atoms with van der Waals surface area (Å²) in [5.74, 6) is 0. The molecular weight excluding hydrogens is 254 g/mol. The maximum Gasteiger partial charge on any atom is 0.0733 e. The Morgan fingerprint density at radius 1 is 1.15 bits per heavy atom. The van der Waals surface area contributed by atoms with Gasteiger partial charge in [-0.05, 0) is 37.6 Å². The molecule has 0 aliphatic heterocycles. The molecule has 0 radical (unpaired) electrons. The molecule has 120 valence electrons. The van der Waals surface area contributed by atoms with E-state index >= 15 is 0 Å². The molecule has 0 aromatic rings. The van der Waals surface area contributed by atoms with E-state index in [0.29, 0.717) is 30.8 Å². The standard InChI is InChI=1S/C16H33NO3/c1-5-17-14-7-8-16(2,3)13-15(14)20-10-6-9-19-12-11-18-4/h14-15,17H,5-13H2,1-4H3. The molecule has 1 N–H and O–H groups in total. The van der Waals surface area contributed by atoms with E-state index < -0.39 is 0 Å². The summed E-state index contributed by atoms with van der Waals surface area (Å²) in [4.78, 5) is 0. The Balaban J connectivity index is 2.20. The zero-order valence-corrected chi connectivity index (χ0v) is 13.7. The summed E-state index contributed by atoms with van der Waals surface area (Å²) in [6.45, 7) is 10.8. The average Bonchev–Trinajstić information content (AvgIpc) is 2.40. The fourth-order valence-electron chi connectivity index (χ4n) is 2.83. The molecule has 1 aliphatic carbocycles. The predicted octanol–water partition coefficient (Wildman–Crippen LogP) is 2.61. The molecule has 20 heavy (non-hydrogen) atoms. The molecule has 4 nitrogen and oxygen atoms in total. The van der Waals surface area contributed by atoms with Crippen LogP contribution in [0, 0.1) is 5.41 Å². The first-order valence-electron chi connectivity index (χ1n) is 8.00. The number of nitrogens with one attached hydrogen (secondary N) is 1. The lowest BCUT2D eigenvalue weighted by atomic mass is 9.74. The van der Waals surface area contributed by atoms with Crippen LogP contribution in [-0.4, -0.2) is 52.2 Å². The fourth-order valence-corrected chi connectivity index (χ4v) is 2.83. The van der Waals surface area contributed by atoms with Crippen molar-refractivity contribution in [1.82, 2.24) is 5.32 Å². The van der Waals surface area contributed by atoms with Crippen LogP contribution in [0.5, 0.6) is 0 Å². The Labute approximate surface area is 124 Å². The maximum absolute atomic E-state index is 6.12. The van der Waals surface area contributed by atoms with E-state index in [1.807, 2.05) is 0 Å². The molecule has 1 saturated carbocycles. The molecule has 4 heteroatoms. The Hall–Kier alpha value is -0.160. The molecule has 1 fully saturated rings. The van der Waals surface area contributed by atoms with Crippen LogP contribution in [0.15, 0.2) is 0 Å². The zero-order valence-electron chi connectivity index (χ0n) is 13.7. The molecule has 0 amide bonds. The average molecular weight is 287 g/mol. The minimum atomic E-state index is 0.345. The van der Waals surface area contributed by atoms with Crippen LogP contribution in [0.2, 0.25) is 0 Å². The Bertz CT molecular complexity index is 246. The van der Waals surface area contributed by atoms with Gasteiger partial charge in [0.2, 0.25) is 0 Å². The van der Waals surface area contributed by atoms with Crippen molar-refractivity contribution in [2.24, 2.45) is 5.41 Å². The Morgan fingerprint density at radius 2 is 1.95 bits per heavy atom. The summed E-state index contributed by atoms with van der Waals surface area (Å²) in [6.07, 6.45) is 4.95. The van der Waals surface area contributed by atoms with Gasteiger partial charge in [-0.1, -0.05) is 20.8 Å². The van der Waals surface area contributed by atoms with E-state index in [4.69, 9.17) is 14.2 Å². The van der Waals surface area contributed by atoms with Crippen molar-refractivity contribution < 1.29 is 14.2 Å². The minimum absolute atomic E-state index is 0.345. The number of hydrogen-bond donors (Lipinski definition) is 1. The highest BCUT2D eigenvalue weighted by molar-refractivity contribution is 4.89. The van der Waals surface area contributed by atoms with Crippen LogP contribution in [0.4, 0.5) is 0 Å². The van der Waals surface area contributed by atoms with Crippen molar-refractivity contribution in [3.63, 3.8) is 0 Å². The van der Waals surface area contributed by atoms with Gasteiger partial charge in [0.05, 0.1) is 19.3 Å². The van der Waals surface area contributed by atoms with Crippen molar-refractivity contribution in [1.29, 1.82) is 0 Å². The van der Waals surface area contributed by atoms with Gasteiger partial charge >= 0.3 is 0 Å². The van der Waals surface area contributed by atoms with Crippen LogP contribution in [0.3, 0.4) is 0 Å². The maximum atomic E-state index is 6.12. The monoisotopic (exact) mass is 287 g/mol. The second-order valence-corrected chi connectivity index (χ2v) is 6.44. The van der Waals surface area contributed by atoms with Crippen molar-refractivity contribution in [3.05, 3.63) is 0 Å². The normalized spacial score (nSPS) is 25.8. The summed E-state index contributed by atoms with van der Waals surface area (Å²) in [7, 11) is 1.69. The second-order valence-electron chi connectivity index (χ2n) is 6.44. The van der Waals surface area contributed by atoms with E-state index in [0.717, 1.165) is 32.6 Å². The molecule has 0 bridgehead atoms. The summed E-state index contributed by atoms with van der Waals surface area (Å²) in [6, 6.07) is 0.516. The minimum Gasteiger partial charge on any atom is -0.382 e. The first kappa shape index (κ1) is 17.9. The van der Waals surface area contributed by atoms with Gasteiger partial charge in [0, 0.05) is 26.4 Å². The first-order chi connectivity index (χ1) is 9.59. The van der Waals surface area contributed by atoms with Crippen LogP contribution < -0.4 is 5.32 Å². The van der Waals surface area contributed by atoms with Gasteiger partial charge in [0.15, 0.2) is 0 Å². The molecule has 1 aliphatic rings. The molecule has 1 rings (SSSR count).